The number of hydrogen-bond acceptors (Lipinski definition) is 2. The van der Waals surface area contributed by atoms with Crippen LogP contribution in [0.15, 0.2) is 22.7 Å². The van der Waals surface area contributed by atoms with Crippen LogP contribution in [-0.4, -0.2) is 16.7 Å². The molecule has 0 bridgehead atoms. The van der Waals surface area contributed by atoms with Gasteiger partial charge in [0.25, 0.3) is 0 Å². The van der Waals surface area contributed by atoms with Gasteiger partial charge < -0.3 is 10.1 Å². The minimum absolute atomic E-state index is 0.292. The molecule has 1 heterocycles. The van der Waals surface area contributed by atoms with Gasteiger partial charge in [-0.2, -0.15) is 5.26 Å². The van der Waals surface area contributed by atoms with Crippen molar-refractivity contribution in [3.05, 3.63) is 33.9 Å². The Bertz CT molecular complexity index is 641. The van der Waals surface area contributed by atoms with Gasteiger partial charge >= 0.3 is 0 Å². The second kappa shape index (κ2) is 4.42. The monoisotopic (exact) mass is 304 g/mol. The maximum absolute atomic E-state index is 9.12. The third-order valence-corrected chi connectivity index (χ3v) is 4.11. The highest BCUT2D eigenvalue weighted by molar-refractivity contribution is 9.10. The van der Waals surface area contributed by atoms with Crippen LogP contribution in [-0.2, 0) is 6.42 Å². The lowest BCUT2D eigenvalue weighted by atomic mass is 10.1. The molecule has 0 radical (unpaired) electrons. The topological polar surface area (TPSA) is 59.8 Å². The summed E-state index contributed by atoms with van der Waals surface area (Å²) in [6.07, 6.45) is 2.07. The van der Waals surface area contributed by atoms with E-state index in [2.05, 4.69) is 33.0 Å². The van der Waals surface area contributed by atoms with Gasteiger partial charge in [0.15, 0.2) is 0 Å². The molecule has 1 aromatic heterocycles. The van der Waals surface area contributed by atoms with Crippen LogP contribution in [0.3, 0.4) is 0 Å². The van der Waals surface area contributed by atoms with Gasteiger partial charge in [-0.1, -0.05) is 15.9 Å². The number of nitriles is 1. The lowest BCUT2D eigenvalue weighted by molar-refractivity contribution is 0.268. The molecule has 0 amide bonds. The van der Waals surface area contributed by atoms with Crippen molar-refractivity contribution in [2.24, 2.45) is 11.8 Å². The van der Waals surface area contributed by atoms with Crippen molar-refractivity contribution < 1.29 is 5.11 Å². The first-order chi connectivity index (χ1) is 8.71. The third-order valence-electron chi connectivity index (χ3n) is 3.66. The molecule has 2 aromatic rings. The molecule has 3 nitrogen and oxygen atoms in total. The SMILES string of the molecule is N#Cc1cc(Br)cc2cc(CC3CC3CO)[nH]c12. The molecule has 4 heteroatoms. The lowest BCUT2D eigenvalue weighted by Gasteiger charge is -1.96. The van der Waals surface area contributed by atoms with E-state index < -0.39 is 0 Å². The molecule has 2 atom stereocenters. The van der Waals surface area contributed by atoms with Gasteiger partial charge in [0.2, 0.25) is 0 Å². The van der Waals surface area contributed by atoms with Gasteiger partial charge in [-0.3, -0.25) is 0 Å². The molecule has 0 aliphatic heterocycles. The van der Waals surface area contributed by atoms with Crippen molar-refractivity contribution in [2.75, 3.05) is 6.61 Å². The molecule has 3 rings (SSSR count). The molecule has 1 aliphatic rings. The average molecular weight is 305 g/mol. The van der Waals surface area contributed by atoms with E-state index in [1.165, 1.54) is 0 Å². The summed E-state index contributed by atoms with van der Waals surface area (Å²) < 4.78 is 0.928. The van der Waals surface area contributed by atoms with Gasteiger partial charge in [-0.15, -0.1) is 0 Å². The highest BCUT2D eigenvalue weighted by atomic mass is 79.9. The van der Waals surface area contributed by atoms with Crippen LogP contribution in [0.4, 0.5) is 0 Å². The zero-order chi connectivity index (χ0) is 12.7. The second-order valence-corrected chi connectivity index (χ2v) is 5.88. The number of rotatable bonds is 3. The largest absolute Gasteiger partial charge is 0.396 e. The molecule has 1 fully saturated rings. The zero-order valence-corrected chi connectivity index (χ0v) is 11.4. The number of aliphatic hydroxyl groups excluding tert-OH is 1. The Morgan fingerprint density at radius 3 is 2.89 bits per heavy atom. The molecule has 1 saturated carbocycles. The Morgan fingerprint density at radius 1 is 1.39 bits per heavy atom. The number of halogens is 1. The van der Waals surface area contributed by atoms with Crippen molar-refractivity contribution in [1.82, 2.24) is 4.98 Å². The van der Waals surface area contributed by atoms with Gasteiger partial charge in [0.05, 0.1) is 11.1 Å². The van der Waals surface area contributed by atoms with Crippen LogP contribution >= 0.6 is 15.9 Å². The van der Waals surface area contributed by atoms with Crippen LogP contribution in [0.1, 0.15) is 17.7 Å². The Morgan fingerprint density at radius 2 is 2.22 bits per heavy atom. The van der Waals surface area contributed by atoms with E-state index in [9.17, 15) is 0 Å². The molecule has 0 saturated heterocycles. The third kappa shape index (κ3) is 2.05. The zero-order valence-electron chi connectivity index (χ0n) is 9.78. The number of aliphatic hydroxyl groups is 1. The molecular weight excluding hydrogens is 292 g/mol. The Labute approximate surface area is 114 Å². The molecule has 1 aliphatic carbocycles. The first kappa shape index (κ1) is 11.8. The van der Waals surface area contributed by atoms with E-state index in [0.29, 0.717) is 24.0 Å². The summed E-state index contributed by atoms with van der Waals surface area (Å²) in [5.74, 6) is 1.07. The minimum Gasteiger partial charge on any atom is -0.396 e. The van der Waals surface area contributed by atoms with Crippen molar-refractivity contribution in [2.45, 2.75) is 12.8 Å². The molecule has 0 spiro atoms. The predicted molar refractivity (Wildman–Crippen MR) is 73.1 cm³/mol. The molecule has 2 N–H and O–H groups in total. The first-order valence-corrected chi connectivity index (χ1v) is 6.82. The standard InChI is InChI=1S/C14H13BrN2O/c15-12-2-9-5-13(4-8-1-11(8)7-18)17-14(9)10(3-12)6-16/h2-3,5,8,11,17-18H,1,4,7H2. The molecule has 18 heavy (non-hydrogen) atoms. The maximum atomic E-state index is 9.12. The number of nitrogens with zero attached hydrogens (tertiary/aromatic N) is 1. The van der Waals surface area contributed by atoms with Gasteiger partial charge in [-0.05, 0) is 42.9 Å². The second-order valence-electron chi connectivity index (χ2n) is 4.97. The minimum atomic E-state index is 0.292. The fraction of sp³-hybridized carbons (Fsp3) is 0.357. The van der Waals surface area contributed by atoms with Crippen LogP contribution < -0.4 is 0 Å². The number of fused-ring (bicyclic) bond motifs is 1. The summed E-state index contributed by atoms with van der Waals surface area (Å²) in [5, 5.41) is 19.2. The summed E-state index contributed by atoms with van der Waals surface area (Å²) in [7, 11) is 0. The normalized spacial score (nSPS) is 22.1. The van der Waals surface area contributed by atoms with Gasteiger partial charge in [0.1, 0.15) is 6.07 Å². The summed E-state index contributed by atoms with van der Waals surface area (Å²) >= 11 is 3.42. The van der Waals surface area contributed by atoms with Crippen LogP contribution in [0.2, 0.25) is 0 Å². The van der Waals surface area contributed by atoms with Crippen LogP contribution in [0.25, 0.3) is 10.9 Å². The van der Waals surface area contributed by atoms with Crippen LogP contribution in [0, 0.1) is 23.2 Å². The Balaban J connectivity index is 1.94. The summed E-state index contributed by atoms with van der Waals surface area (Å²) in [6, 6.07) is 8.17. The van der Waals surface area contributed by atoms with Crippen molar-refractivity contribution >= 4 is 26.8 Å². The average Bonchev–Trinajstić information content (AvgIpc) is 2.97. The fourth-order valence-electron chi connectivity index (χ4n) is 2.53. The van der Waals surface area contributed by atoms with E-state index in [1.807, 2.05) is 12.1 Å². The molecule has 1 aromatic carbocycles. The van der Waals surface area contributed by atoms with Crippen molar-refractivity contribution in [1.29, 1.82) is 5.26 Å². The van der Waals surface area contributed by atoms with Gasteiger partial charge in [-0.25, -0.2) is 0 Å². The van der Waals surface area contributed by atoms with E-state index in [-0.39, 0.29) is 0 Å². The van der Waals surface area contributed by atoms with E-state index in [1.54, 1.807) is 0 Å². The molecule has 92 valence electrons. The Hall–Kier alpha value is -1.31. The summed E-state index contributed by atoms with van der Waals surface area (Å²) in [4.78, 5) is 3.33. The number of aromatic amines is 1. The fourth-order valence-corrected chi connectivity index (χ4v) is 3.01. The Kier molecular flexibility index (Phi) is 2.89. The highest BCUT2D eigenvalue weighted by Gasteiger charge is 2.36. The molecular formula is C14H13BrN2O. The van der Waals surface area contributed by atoms with E-state index >= 15 is 0 Å². The predicted octanol–water partition coefficient (Wildman–Crippen LogP) is 2.97. The van der Waals surface area contributed by atoms with Crippen molar-refractivity contribution in [3.8, 4) is 6.07 Å². The highest BCUT2D eigenvalue weighted by Crippen LogP contribution is 2.40. The van der Waals surface area contributed by atoms with Gasteiger partial charge in [0, 0.05) is 22.2 Å². The number of hydrogen-bond donors (Lipinski definition) is 2. The number of H-pyrrole nitrogens is 1. The van der Waals surface area contributed by atoms with Crippen molar-refractivity contribution in [3.63, 3.8) is 0 Å². The number of nitrogens with one attached hydrogen (secondary N) is 1. The van der Waals surface area contributed by atoms with E-state index in [4.69, 9.17) is 10.4 Å². The summed E-state index contributed by atoms with van der Waals surface area (Å²) in [5.41, 5.74) is 2.73. The first-order valence-electron chi connectivity index (χ1n) is 6.03. The molecule has 2 unspecified atom stereocenters. The van der Waals surface area contributed by atoms with E-state index in [0.717, 1.165) is 33.9 Å². The maximum Gasteiger partial charge on any atom is 0.101 e. The smallest absolute Gasteiger partial charge is 0.101 e. The lowest BCUT2D eigenvalue weighted by Crippen LogP contribution is -1.93. The number of aromatic nitrogens is 1. The van der Waals surface area contributed by atoms with Crippen LogP contribution in [0.5, 0.6) is 0 Å². The quantitative estimate of drug-likeness (QED) is 0.916. The summed E-state index contributed by atoms with van der Waals surface area (Å²) in [6.45, 7) is 0.292. The number of benzene rings is 1.